The Morgan fingerprint density at radius 3 is 2.14 bits per heavy atom. The van der Waals surface area contributed by atoms with Gasteiger partial charge in [0.25, 0.3) is 0 Å². The van der Waals surface area contributed by atoms with Crippen LogP contribution in [0.25, 0.3) is 0 Å². The molecule has 1 rings (SSSR count). The van der Waals surface area contributed by atoms with Gasteiger partial charge >= 0.3 is 5.97 Å². The number of hydrogen-bond donors (Lipinski definition) is 8. The second-order valence-electron chi connectivity index (χ2n) is 8.10. The van der Waals surface area contributed by atoms with Crippen molar-refractivity contribution >= 4 is 29.7 Å². The lowest BCUT2D eigenvalue weighted by atomic mass is 10.0. The summed E-state index contributed by atoms with van der Waals surface area (Å²) >= 11 is 0. The number of aliphatic hydroxyl groups excluding tert-OH is 1. The topological polar surface area (TPSA) is 235 Å². The lowest BCUT2D eigenvalue weighted by Crippen LogP contribution is -2.60. The Kier molecular flexibility index (Phi) is 12.2. The van der Waals surface area contributed by atoms with Crippen molar-refractivity contribution in [2.24, 2.45) is 22.2 Å². The van der Waals surface area contributed by atoms with Gasteiger partial charge in [0.15, 0.2) is 5.96 Å². The lowest BCUT2D eigenvalue weighted by molar-refractivity contribution is -0.142. The SMILES string of the molecule is CC(NC(=O)C(Cc1ccccc1)NC(=O)C(NC(=O)C(N)CCCN=C(N)N)C(C)O)C(=O)O. The van der Waals surface area contributed by atoms with Gasteiger partial charge in [-0.2, -0.15) is 0 Å². The van der Waals surface area contributed by atoms with Crippen LogP contribution in [0.1, 0.15) is 32.3 Å². The molecule has 3 amide bonds. The molecule has 0 aliphatic heterocycles. The van der Waals surface area contributed by atoms with Gasteiger partial charge in [-0.15, -0.1) is 0 Å². The normalized spacial score (nSPS) is 15.0. The number of nitrogens with two attached hydrogens (primary N) is 3. The minimum Gasteiger partial charge on any atom is -0.480 e. The van der Waals surface area contributed by atoms with Crippen LogP contribution in [0.3, 0.4) is 0 Å². The van der Waals surface area contributed by atoms with Gasteiger partial charge in [-0.25, -0.2) is 0 Å². The summed E-state index contributed by atoms with van der Waals surface area (Å²) in [5.74, 6) is -3.57. The number of aliphatic imine (C=N–C) groups is 1. The van der Waals surface area contributed by atoms with E-state index in [1.54, 1.807) is 30.3 Å². The molecule has 5 atom stereocenters. The molecule has 0 radical (unpaired) electrons. The van der Waals surface area contributed by atoms with E-state index in [2.05, 4.69) is 20.9 Å². The number of aliphatic hydroxyl groups is 1. The van der Waals surface area contributed by atoms with Gasteiger partial charge in [0.2, 0.25) is 17.7 Å². The third kappa shape index (κ3) is 10.8. The highest BCUT2D eigenvalue weighted by Crippen LogP contribution is 2.06. The van der Waals surface area contributed by atoms with Crippen LogP contribution in [-0.4, -0.2) is 76.7 Å². The molecule has 35 heavy (non-hydrogen) atoms. The monoisotopic (exact) mass is 493 g/mol. The van der Waals surface area contributed by atoms with E-state index >= 15 is 0 Å². The van der Waals surface area contributed by atoms with Gasteiger partial charge in [-0.05, 0) is 32.3 Å². The van der Waals surface area contributed by atoms with Crippen LogP contribution < -0.4 is 33.2 Å². The number of carbonyl (C=O) groups excluding carboxylic acids is 3. The number of nitrogens with zero attached hydrogens (tertiary/aromatic N) is 1. The standard InChI is InChI=1S/C22H35N7O6/c1-12(21(34)35)27-19(32)16(11-14-7-4-3-5-8-14)28-20(33)17(13(2)30)29-18(31)15(23)9-6-10-26-22(24)25/h3-5,7-8,12-13,15-17,30H,6,9-11,23H2,1-2H3,(H,27,32)(H,28,33)(H,29,31)(H,34,35)(H4,24,25,26). The molecule has 0 aliphatic rings. The number of carboxylic acid groups (broad SMARTS) is 1. The van der Waals surface area contributed by atoms with Crippen LogP contribution in [0, 0.1) is 0 Å². The van der Waals surface area contributed by atoms with Gasteiger partial charge in [-0.3, -0.25) is 24.2 Å². The number of carbonyl (C=O) groups is 4. The molecule has 13 heteroatoms. The molecule has 0 heterocycles. The van der Waals surface area contributed by atoms with E-state index in [1.807, 2.05) is 0 Å². The first kappa shape index (κ1) is 29.3. The molecule has 0 saturated carbocycles. The van der Waals surface area contributed by atoms with Crippen molar-refractivity contribution in [2.75, 3.05) is 6.54 Å². The predicted molar refractivity (Wildman–Crippen MR) is 129 cm³/mol. The van der Waals surface area contributed by atoms with E-state index in [0.29, 0.717) is 12.0 Å². The van der Waals surface area contributed by atoms with Crippen molar-refractivity contribution in [1.82, 2.24) is 16.0 Å². The average molecular weight is 494 g/mol. The number of guanidine groups is 1. The Balaban J connectivity index is 2.91. The van der Waals surface area contributed by atoms with Gasteiger partial charge < -0.3 is 43.4 Å². The van der Waals surface area contributed by atoms with Crippen molar-refractivity contribution in [3.8, 4) is 0 Å². The molecule has 0 bridgehead atoms. The maximum Gasteiger partial charge on any atom is 0.325 e. The first-order chi connectivity index (χ1) is 16.4. The molecule has 0 aromatic heterocycles. The highest BCUT2D eigenvalue weighted by molar-refractivity contribution is 5.94. The number of rotatable bonds is 14. The Hall–Kier alpha value is -3.71. The van der Waals surface area contributed by atoms with E-state index < -0.39 is 54.0 Å². The highest BCUT2D eigenvalue weighted by atomic mass is 16.4. The molecule has 0 aliphatic carbocycles. The van der Waals surface area contributed by atoms with Crippen LogP contribution in [-0.2, 0) is 25.6 Å². The summed E-state index contributed by atoms with van der Waals surface area (Å²) in [6.45, 7) is 2.86. The zero-order valence-electron chi connectivity index (χ0n) is 19.8. The smallest absolute Gasteiger partial charge is 0.325 e. The first-order valence-electron chi connectivity index (χ1n) is 11.1. The number of aliphatic carboxylic acids is 1. The minimum atomic E-state index is -1.41. The molecule has 13 nitrogen and oxygen atoms in total. The molecule has 0 saturated heterocycles. The molecular formula is C22H35N7O6. The van der Waals surface area contributed by atoms with Crippen molar-refractivity contribution in [2.45, 2.75) is 63.4 Å². The van der Waals surface area contributed by atoms with Crippen LogP contribution in [0.4, 0.5) is 0 Å². The fourth-order valence-electron chi connectivity index (χ4n) is 3.01. The van der Waals surface area contributed by atoms with E-state index in [9.17, 15) is 24.3 Å². The fraction of sp³-hybridized carbons (Fsp3) is 0.500. The maximum atomic E-state index is 12.9. The van der Waals surface area contributed by atoms with Gasteiger partial charge in [-0.1, -0.05) is 30.3 Å². The van der Waals surface area contributed by atoms with Gasteiger partial charge in [0.1, 0.15) is 18.1 Å². The molecule has 11 N–H and O–H groups in total. The molecule has 1 aromatic rings. The van der Waals surface area contributed by atoms with Crippen LogP contribution in [0.5, 0.6) is 0 Å². The predicted octanol–water partition coefficient (Wildman–Crippen LogP) is -2.45. The Morgan fingerprint density at radius 2 is 1.60 bits per heavy atom. The minimum absolute atomic E-state index is 0.0511. The highest BCUT2D eigenvalue weighted by Gasteiger charge is 2.31. The second-order valence-corrected chi connectivity index (χ2v) is 8.10. The summed E-state index contributed by atoms with van der Waals surface area (Å²) in [6.07, 6.45) is -0.622. The fourth-order valence-corrected chi connectivity index (χ4v) is 3.01. The zero-order valence-corrected chi connectivity index (χ0v) is 19.8. The number of hydrogen-bond acceptors (Lipinski definition) is 7. The molecule has 0 fully saturated rings. The molecule has 5 unspecified atom stereocenters. The third-order valence-electron chi connectivity index (χ3n) is 5.01. The largest absolute Gasteiger partial charge is 0.480 e. The second kappa shape index (κ2) is 14.5. The number of benzene rings is 1. The average Bonchev–Trinajstić information content (AvgIpc) is 2.79. The van der Waals surface area contributed by atoms with E-state index in [1.165, 1.54) is 13.8 Å². The summed E-state index contributed by atoms with van der Waals surface area (Å²) in [4.78, 5) is 53.1. The van der Waals surface area contributed by atoms with Gasteiger partial charge in [0, 0.05) is 13.0 Å². The summed E-state index contributed by atoms with van der Waals surface area (Å²) in [5, 5.41) is 26.4. The van der Waals surface area contributed by atoms with E-state index in [0.717, 1.165) is 0 Å². The number of nitrogens with one attached hydrogen (secondary N) is 3. The number of amides is 3. The third-order valence-corrected chi connectivity index (χ3v) is 5.01. The van der Waals surface area contributed by atoms with Crippen LogP contribution >= 0.6 is 0 Å². The Bertz CT molecular complexity index is 890. The van der Waals surface area contributed by atoms with Crippen molar-refractivity contribution < 1.29 is 29.4 Å². The lowest BCUT2D eigenvalue weighted by Gasteiger charge is -2.26. The summed E-state index contributed by atoms with van der Waals surface area (Å²) in [5.41, 5.74) is 17.0. The molecule has 194 valence electrons. The van der Waals surface area contributed by atoms with Crippen molar-refractivity contribution in [1.29, 1.82) is 0 Å². The molecule has 0 spiro atoms. The van der Waals surface area contributed by atoms with E-state index in [4.69, 9.17) is 22.3 Å². The summed E-state index contributed by atoms with van der Waals surface area (Å²) < 4.78 is 0. The van der Waals surface area contributed by atoms with E-state index in [-0.39, 0.29) is 25.3 Å². The van der Waals surface area contributed by atoms with Gasteiger partial charge in [0.05, 0.1) is 12.1 Å². The zero-order chi connectivity index (χ0) is 26.5. The van der Waals surface area contributed by atoms with Crippen molar-refractivity contribution in [3.63, 3.8) is 0 Å². The maximum absolute atomic E-state index is 12.9. The summed E-state index contributed by atoms with van der Waals surface area (Å²) in [6, 6.07) is 4.00. The quantitative estimate of drug-likeness (QED) is 0.0778. The van der Waals surface area contributed by atoms with Crippen molar-refractivity contribution in [3.05, 3.63) is 35.9 Å². The molecule has 1 aromatic carbocycles. The Labute approximate surface area is 203 Å². The number of carboxylic acids is 1. The first-order valence-corrected chi connectivity index (χ1v) is 11.1. The Morgan fingerprint density at radius 1 is 0.971 bits per heavy atom. The molecular weight excluding hydrogens is 458 g/mol. The summed E-state index contributed by atoms with van der Waals surface area (Å²) in [7, 11) is 0. The van der Waals surface area contributed by atoms with Crippen LogP contribution in [0.15, 0.2) is 35.3 Å². The van der Waals surface area contributed by atoms with Crippen LogP contribution in [0.2, 0.25) is 0 Å².